The lowest BCUT2D eigenvalue weighted by Crippen LogP contribution is -2.15. The van der Waals surface area contributed by atoms with Crippen molar-refractivity contribution in [3.63, 3.8) is 0 Å². The highest BCUT2D eigenvalue weighted by Crippen LogP contribution is 2.32. The van der Waals surface area contributed by atoms with Crippen LogP contribution in [0.3, 0.4) is 0 Å². The van der Waals surface area contributed by atoms with Crippen molar-refractivity contribution in [2.45, 2.75) is 4.90 Å². The van der Waals surface area contributed by atoms with Gasteiger partial charge in [0, 0.05) is 35.2 Å². The Morgan fingerprint density at radius 3 is 2.50 bits per heavy atom. The zero-order chi connectivity index (χ0) is 31.0. The Hall–Kier alpha value is -5.70. The smallest absolute Gasteiger partial charge is 0.337 e. The van der Waals surface area contributed by atoms with E-state index in [9.17, 15) is 22.0 Å². The Bertz CT molecular complexity index is 2170. The summed E-state index contributed by atoms with van der Waals surface area (Å²) in [6.07, 6.45) is 4.72. The first-order valence-electron chi connectivity index (χ1n) is 12.7. The number of methoxy groups -OCH3 is 2. The van der Waals surface area contributed by atoms with Crippen molar-refractivity contribution >= 4 is 27.3 Å². The number of pyridine rings is 2. The molecular formula is C29H20F2N6O6S. The summed E-state index contributed by atoms with van der Waals surface area (Å²) < 4.78 is 73.4. The second-order valence-corrected chi connectivity index (χ2v) is 10.9. The highest BCUT2D eigenvalue weighted by Gasteiger charge is 2.23. The summed E-state index contributed by atoms with van der Waals surface area (Å²) in [7, 11) is -1.89. The Kier molecular flexibility index (Phi) is 7.22. The summed E-state index contributed by atoms with van der Waals surface area (Å²) in [6.45, 7) is 0. The number of esters is 1. The van der Waals surface area contributed by atoms with Gasteiger partial charge in [-0.15, -0.1) is 10.2 Å². The molecule has 15 heteroatoms. The average molecular weight is 619 g/mol. The molecule has 0 aliphatic rings. The molecule has 0 fully saturated rings. The van der Waals surface area contributed by atoms with Crippen LogP contribution in [0.25, 0.3) is 39.8 Å². The number of sulfonamides is 1. The SMILES string of the molecule is COC(=O)c1cccc(-c2nnc(-c3cnc4ccc(-c5cnc(OC)c(NS(=O)(=O)c6ccc(F)cc6F)c5)cn34)o2)c1. The molecule has 6 rings (SSSR count). The molecule has 4 aromatic heterocycles. The van der Waals surface area contributed by atoms with Gasteiger partial charge in [-0.05, 0) is 48.5 Å². The maximum atomic E-state index is 14.3. The third-order valence-corrected chi connectivity index (χ3v) is 7.88. The highest BCUT2D eigenvalue weighted by atomic mass is 32.2. The van der Waals surface area contributed by atoms with Crippen molar-refractivity contribution in [2.24, 2.45) is 0 Å². The van der Waals surface area contributed by atoms with Gasteiger partial charge in [0.2, 0.25) is 11.8 Å². The van der Waals surface area contributed by atoms with Crippen LogP contribution in [0.5, 0.6) is 5.88 Å². The zero-order valence-corrected chi connectivity index (χ0v) is 23.7. The summed E-state index contributed by atoms with van der Waals surface area (Å²) in [4.78, 5) is 19.8. The molecule has 0 saturated carbocycles. The Morgan fingerprint density at radius 1 is 0.909 bits per heavy atom. The van der Waals surface area contributed by atoms with E-state index < -0.39 is 32.5 Å². The van der Waals surface area contributed by atoms with E-state index >= 15 is 0 Å². The lowest BCUT2D eigenvalue weighted by Gasteiger charge is -2.13. The van der Waals surface area contributed by atoms with Gasteiger partial charge in [-0.3, -0.25) is 9.12 Å². The van der Waals surface area contributed by atoms with Gasteiger partial charge < -0.3 is 13.9 Å². The van der Waals surface area contributed by atoms with Crippen LogP contribution in [-0.4, -0.2) is 53.2 Å². The Labute approximate surface area is 248 Å². The lowest BCUT2D eigenvalue weighted by molar-refractivity contribution is 0.0600. The van der Waals surface area contributed by atoms with Crippen LogP contribution in [-0.2, 0) is 14.8 Å². The summed E-state index contributed by atoms with van der Waals surface area (Å²) in [5.74, 6) is -2.42. The van der Waals surface area contributed by atoms with Crippen LogP contribution in [0.1, 0.15) is 10.4 Å². The maximum Gasteiger partial charge on any atom is 0.337 e. The fraction of sp³-hybridized carbons (Fsp3) is 0.0690. The van der Waals surface area contributed by atoms with Crippen LogP contribution >= 0.6 is 0 Å². The number of nitrogens with zero attached hydrogens (tertiary/aromatic N) is 5. The standard InChI is InChI=1S/C29H20F2N6O6S/c1-41-27-22(36-44(39,40)24-8-7-20(30)12-21(24)31)11-19(13-33-27)18-6-9-25-32-14-23(37(25)15-18)28-35-34-26(43-28)16-4-3-5-17(10-16)29(38)42-2/h3-15,36H,1-2H3. The molecule has 0 atom stereocenters. The molecule has 0 spiro atoms. The van der Waals surface area contributed by atoms with E-state index in [1.54, 1.807) is 53.2 Å². The van der Waals surface area contributed by atoms with Crippen molar-refractivity contribution in [3.8, 4) is 40.0 Å². The fourth-order valence-electron chi connectivity index (χ4n) is 4.39. The Morgan fingerprint density at radius 2 is 1.73 bits per heavy atom. The number of fused-ring (bicyclic) bond motifs is 1. The molecule has 0 radical (unpaired) electrons. The number of benzene rings is 2. The molecule has 0 bridgehead atoms. The molecule has 0 unspecified atom stereocenters. The Balaban J connectivity index is 1.35. The number of ether oxygens (including phenoxy) is 2. The number of carbonyl (C=O) groups is 1. The van der Waals surface area contributed by atoms with Gasteiger partial charge in [0.1, 0.15) is 33.6 Å². The first-order chi connectivity index (χ1) is 21.2. The number of aromatic nitrogens is 5. The first kappa shape index (κ1) is 28.4. The number of nitrogens with one attached hydrogen (secondary N) is 1. The highest BCUT2D eigenvalue weighted by molar-refractivity contribution is 7.92. The summed E-state index contributed by atoms with van der Waals surface area (Å²) in [5, 5.41) is 8.26. The third kappa shape index (κ3) is 5.31. The second kappa shape index (κ2) is 11.2. The van der Waals surface area contributed by atoms with Gasteiger partial charge in [-0.2, -0.15) is 0 Å². The van der Waals surface area contributed by atoms with E-state index in [-0.39, 0.29) is 23.3 Å². The molecule has 6 aromatic rings. The number of imidazole rings is 1. The van der Waals surface area contributed by atoms with Gasteiger partial charge in [-0.25, -0.2) is 32.0 Å². The van der Waals surface area contributed by atoms with Gasteiger partial charge in [-0.1, -0.05) is 6.07 Å². The molecule has 0 aliphatic heterocycles. The summed E-state index contributed by atoms with van der Waals surface area (Å²) in [6, 6.07) is 13.6. The molecule has 0 saturated heterocycles. The molecular weight excluding hydrogens is 598 g/mol. The number of carbonyl (C=O) groups excluding carboxylic acids is 1. The number of hydrogen-bond acceptors (Lipinski definition) is 10. The zero-order valence-electron chi connectivity index (χ0n) is 22.9. The second-order valence-electron chi connectivity index (χ2n) is 9.24. The number of halogens is 2. The fourth-order valence-corrected chi connectivity index (χ4v) is 5.50. The number of rotatable bonds is 8. The van der Waals surface area contributed by atoms with Crippen molar-refractivity contribution in [2.75, 3.05) is 18.9 Å². The molecule has 2 aromatic carbocycles. The molecule has 12 nitrogen and oxygen atoms in total. The summed E-state index contributed by atoms with van der Waals surface area (Å²) >= 11 is 0. The predicted molar refractivity (Wildman–Crippen MR) is 152 cm³/mol. The van der Waals surface area contributed by atoms with Gasteiger partial charge in [0.25, 0.3) is 15.9 Å². The van der Waals surface area contributed by atoms with Crippen molar-refractivity contribution in [3.05, 3.63) is 96.5 Å². The quantitative estimate of drug-likeness (QED) is 0.231. The molecule has 222 valence electrons. The van der Waals surface area contributed by atoms with Gasteiger partial charge in [0.05, 0.1) is 26.0 Å². The van der Waals surface area contributed by atoms with E-state index in [2.05, 4.69) is 24.9 Å². The molecule has 4 heterocycles. The van der Waals surface area contributed by atoms with Crippen molar-refractivity contribution in [1.82, 2.24) is 24.6 Å². The van der Waals surface area contributed by atoms with Gasteiger partial charge >= 0.3 is 5.97 Å². The third-order valence-electron chi connectivity index (χ3n) is 6.49. The van der Waals surface area contributed by atoms with Crippen molar-refractivity contribution < 1.29 is 35.9 Å². The minimum atomic E-state index is -4.47. The van der Waals surface area contributed by atoms with Gasteiger partial charge in [0.15, 0.2) is 0 Å². The first-order valence-corrected chi connectivity index (χ1v) is 14.2. The molecule has 1 N–H and O–H groups in total. The minimum absolute atomic E-state index is 0.0705. The lowest BCUT2D eigenvalue weighted by atomic mass is 10.1. The van der Waals surface area contributed by atoms with E-state index in [1.165, 1.54) is 26.5 Å². The number of anilines is 1. The predicted octanol–water partition coefficient (Wildman–Crippen LogP) is 4.99. The van der Waals surface area contributed by atoms with E-state index in [0.29, 0.717) is 39.7 Å². The van der Waals surface area contributed by atoms with Crippen LogP contribution in [0.2, 0.25) is 0 Å². The van der Waals surface area contributed by atoms with E-state index in [1.807, 2.05) is 0 Å². The van der Waals surface area contributed by atoms with E-state index in [4.69, 9.17) is 13.9 Å². The minimum Gasteiger partial charge on any atom is -0.480 e. The maximum absolute atomic E-state index is 14.3. The van der Waals surface area contributed by atoms with Crippen molar-refractivity contribution in [1.29, 1.82) is 0 Å². The average Bonchev–Trinajstić information content (AvgIpc) is 3.67. The number of hydrogen-bond donors (Lipinski definition) is 1. The molecule has 0 amide bonds. The molecule has 0 aliphatic carbocycles. The van der Waals surface area contributed by atoms with Crippen LogP contribution in [0, 0.1) is 11.6 Å². The largest absolute Gasteiger partial charge is 0.480 e. The van der Waals surface area contributed by atoms with Crippen LogP contribution in [0.15, 0.2) is 88.6 Å². The van der Waals surface area contributed by atoms with Crippen LogP contribution in [0.4, 0.5) is 14.5 Å². The van der Waals surface area contributed by atoms with Crippen LogP contribution < -0.4 is 9.46 Å². The monoisotopic (exact) mass is 618 g/mol. The van der Waals surface area contributed by atoms with E-state index in [0.717, 1.165) is 12.1 Å². The molecule has 44 heavy (non-hydrogen) atoms. The normalized spacial score (nSPS) is 11.5. The topological polar surface area (TPSA) is 151 Å². The summed E-state index contributed by atoms with van der Waals surface area (Å²) in [5.41, 5.74) is 2.82.